The molecule has 2 atom stereocenters. The fourth-order valence-electron chi connectivity index (χ4n) is 3.10. The summed E-state index contributed by atoms with van der Waals surface area (Å²) < 4.78 is 0. The second kappa shape index (κ2) is 7.07. The minimum absolute atomic E-state index is 0.00419. The topological polar surface area (TPSA) is 75.4 Å². The molecule has 0 aliphatic heterocycles. The van der Waals surface area contributed by atoms with Gasteiger partial charge >= 0.3 is 0 Å². The number of carbonyl (C=O) groups is 2. The molecule has 0 saturated heterocycles. The summed E-state index contributed by atoms with van der Waals surface area (Å²) in [5.74, 6) is -0.249. The Balaban J connectivity index is 1.76. The summed E-state index contributed by atoms with van der Waals surface area (Å²) >= 11 is 0. The Kier molecular flexibility index (Phi) is 4.86. The summed E-state index contributed by atoms with van der Waals surface area (Å²) in [6, 6.07) is 15.3. The van der Waals surface area contributed by atoms with E-state index in [0.717, 1.165) is 12.0 Å². The number of hydrogen-bond donors (Lipinski definition) is 2. The molecule has 3 rings (SSSR count). The minimum Gasteiger partial charge on any atom is -0.366 e. The van der Waals surface area contributed by atoms with Crippen LogP contribution in [0.1, 0.15) is 33.8 Å². The molecule has 2 aromatic rings. The average molecular weight is 337 g/mol. The van der Waals surface area contributed by atoms with Crippen molar-refractivity contribution >= 4 is 17.5 Å². The normalized spacial score (nSPS) is 18.8. The number of hydrogen-bond acceptors (Lipinski definition) is 3. The number of rotatable bonds is 6. The van der Waals surface area contributed by atoms with Gasteiger partial charge in [-0.1, -0.05) is 36.4 Å². The fourth-order valence-corrected chi connectivity index (χ4v) is 3.10. The molecule has 0 bridgehead atoms. The number of carbonyl (C=O) groups excluding carboxylic acids is 2. The summed E-state index contributed by atoms with van der Waals surface area (Å²) in [4.78, 5) is 26.1. The third-order valence-corrected chi connectivity index (χ3v) is 4.49. The zero-order valence-electron chi connectivity index (χ0n) is 14.5. The number of primary amides is 1. The first-order valence-corrected chi connectivity index (χ1v) is 8.39. The Morgan fingerprint density at radius 3 is 2.52 bits per heavy atom. The lowest BCUT2D eigenvalue weighted by Gasteiger charge is -2.16. The molecule has 1 aliphatic rings. The van der Waals surface area contributed by atoms with Crippen LogP contribution in [0.25, 0.3) is 0 Å². The second-order valence-electron chi connectivity index (χ2n) is 6.82. The maximum absolute atomic E-state index is 12.6. The van der Waals surface area contributed by atoms with Crippen LogP contribution < -0.4 is 11.1 Å². The van der Waals surface area contributed by atoms with Gasteiger partial charge in [0.15, 0.2) is 0 Å². The van der Waals surface area contributed by atoms with Gasteiger partial charge in [0.1, 0.15) is 0 Å². The number of nitrogens with two attached hydrogens (primary N) is 1. The lowest BCUT2D eigenvalue weighted by Crippen LogP contribution is -2.19. The van der Waals surface area contributed by atoms with Crippen molar-refractivity contribution < 1.29 is 9.59 Å². The molecule has 130 valence electrons. The molecule has 1 aliphatic carbocycles. The SMILES string of the molecule is CN(C)Cc1ccc(C(N)=O)cc1NC(=O)[C@@H]1C[C@H]1c1ccccc1. The van der Waals surface area contributed by atoms with Gasteiger partial charge in [-0.2, -0.15) is 0 Å². The molecular formula is C20H23N3O2. The van der Waals surface area contributed by atoms with Crippen LogP contribution in [-0.4, -0.2) is 30.8 Å². The molecule has 2 amide bonds. The van der Waals surface area contributed by atoms with Gasteiger partial charge in [0.05, 0.1) is 0 Å². The lowest BCUT2D eigenvalue weighted by molar-refractivity contribution is -0.117. The number of benzene rings is 2. The molecule has 0 spiro atoms. The van der Waals surface area contributed by atoms with Crippen LogP contribution in [0.5, 0.6) is 0 Å². The Morgan fingerprint density at radius 2 is 1.88 bits per heavy atom. The Bertz CT molecular complexity index is 787. The molecule has 25 heavy (non-hydrogen) atoms. The Hall–Kier alpha value is -2.66. The van der Waals surface area contributed by atoms with Crippen LogP contribution in [-0.2, 0) is 11.3 Å². The van der Waals surface area contributed by atoms with E-state index < -0.39 is 5.91 Å². The first-order chi connectivity index (χ1) is 12.0. The van der Waals surface area contributed by atoms with Crippen LogP contribution in [0.2, 0.25) is 0 Å². The van der Waals surface area contributed by atoms with E-state index in [2.05, 4.69) is 17.4 Å². The predicted molar refractivity (Wildman–Crippen MR) is 98.3 cm³/mol. The molecule has 1 fully saturated rings. The number of anilines is 1. The van der Waals surface area contributed by atoms with E-state index in [1.807, 2.05) is 43.3 Å². The molecule has 0 aromatic heterocycles. The van der Waals surface area contributed by atoms with Gasteiger partial charge < -0.3 is 16.0 Å². The standard InChI is InChI=1S/C20H23N3O2/c1-23(2)12-15-9-8-14(19(21)24)10-18(15)22-20(25)17-11-16(17)13-6-4-3-5-7-13/h3-10,16-17H,11-12H2,1-2H3,(H2,21,24)(H,22,25)/t16-,17+/m0/s1. The van der Waals surface area contributed by atoms with Crippen LogP contribution in [0, 0.1) is 5.92 Å². The van der Waals surface area contributed by atoms with Crippen LogP contribution >= 0.6 is 0 Å². The molecule has 0 radical (unpaired) electrons. The largest absolute Gasteiger partial charge is 0.366 e. The lowest BCUT2D eigenvalue weighted by atomic mass is 10.1. The van der Waals surface area contributed by atoms with Gasteiger partial charge in [-0.25, -0.2) is 0 Å². The number of nitrogens with one attached hydrogen (secondary N) is 1. The van der Waals surface area contributed by atoms with Gasteiger partial charge in [0.25, 0.3) is 0 Å². The maximum Gasteiger partial charge on any atom is 0.248 e. The summed E-state index contributed by atoms with van der Waals surface area (Å²) in [5, 5.41) is 3.00. The smallest absolute Gasteiger partial charge is 0.248 e. The van der Waals surface area contributed by atoms with E-state index in [9.17, 15) is 9.59 Å². The molecule has 5 heteroatoms. The third kappa shape index (κ3) is 4.06. The van der Waals surface area contributed by atoms with Crippen LogP contribution in [0.3, 0.4) is 0 Å². The molecule has 1 saturated carbocycles. The van der Waals surface area contributed by atoms with E-state index in [1.165, 1.54) is 5.56 Å². The highest BCUT2D eigenvalue weighted by molar-refractivity contribution is 5.98. The van der Waals surface area contributed by atoms with Crippen molar-refractivity contribution in [3.05, 3.63) is 65.2 Å². The summed E-state index contributed by atoms with van der Waals surface area (Å²) in [6.45, 7) is 0.668. The van der Waals surface area contributed by atoms with Crippen molar-refractivity contribution in [2.75, 3.05) is 19.4 Å². The van der Waals surface area contributed by atoms with Gasteiger partial charge in [0.2, 0.25) is 11.8 Å². The summed E-state index contributed by atoms with van der Waals surface area (Å²) in [6.07, 6.45) is 0.856. The van der Waals surface area contributed by atoms with Crippen molar-refractivity contribution in [1.82, 2.24) is 4.90 Å². The number of nitrogens with zero attached hydrogens (tertiary/aromatic N) is 1. The van der Waals surface area contributed by atoms with E-state index in [0.29, 0.717) is 17.8 Å². The highest BCUT2D eigenvalue weighted by Crippen LogP contribution is 2.48. The van der Waals surface area contributed by atoms with E-state index in [4.69, 9.17) is 5.73 Å². The second-order valence-corrected chi connectivity index (χ2v) is 6.82. The van der Waals surface area contributed by atoms with Crippen molar-refractivity contribution in [3.63, 3.8) is 0 Å². The third-order valence-electron chi connectivity index (χ3n) is 4.49. The molecule has 0 heterocycles. The zero-order chi connectivity index (χ0) is 18.0. The Labute approximate surface area is 147 Å². The van der Waals surface area contributed by atoms with E-state index in [-0.39, 0.29) is 17.7 Å². The quantitative estimate of drug-likeness (QED) is 0.851. The highest BCUT2D eigenvalue weighted by Gasteiger charge is 2.43. The molecule has 5 nitrogen and oxygen atoms in total. The van der Waals surface area contributed by atoms with E-state index >= 15 is 0 Å². The zero-order valence-corrected chi connectivity index (χ0v) is 14.5. The monoisotopic (exact) mass is 337 g/mol. The molecular weight excluding hydrogens is 314 g/mol. The van der Waals surface area contributed by atoms with Gasteiger partial charge in [-0.15, -0.1) is 0 Å². The van der Waals surface area contributed by atoms with Gasteiger partial charge in [-0.05, 0) is 49.7 Å². The predicted octanol–water partition coefficient (Wildman–Crippen LogP) is 2.59. The van der Waals surface area contributed by atoms with Crippen molar-refractivity contribution in [1.29, 1.82) is 0 Å². The first kappa shape index (κ1) is 17.2. The highest BCUT2D eigenvalue weighted by atomic mass is 16.2. The minimum atomic E-state index is -0.500. The van der Waals surface area contributed by atoms with Crippen molar-refractivity contribution in [2.24, 2.45) is 11.7 Å². The molecule has 2 aromatic carbocycles. The van der Waals surface area contributed by atoms with Gasteiger partial charge in [-0.3, -0.25) is 9.59 Å². The maximum atomic E-state index is 12.6. The van der Waals surface area contributed by atoms with E-state index in [1.54, 1.807) is 12.1 Å². The summed E-state index contributed by atoms with van der Waals surface area (Å²) in [7, 11) is 3.92. The Morgan fingerprint density at radius 1 is 1.16 bits per heavy atom. The molecule has 0 unspecified atom stereocenters. The fraction of sp³-hybridized carbons (Fsp3) is 0.300. The van der Waals surface area contributed by atoms with Crippen LogP contribution in [0.4, 0.5) is 5.69 Å². The van der Waals surface area contributed by atoms with Crippen molar-refractivity contribution in [3.8, 4) is 0 Å². The average Bonchev–Trinajstić information content (AvgIpc) is 3.37. The summed E-state index contributed by atoms with van der Waals surface area (Å²) in [5.41, 5.74) is 8.59. The number of amides is 2. The van der Waals surface area contributed by atoms with Gasteiger partial charge in [0, 0.05) is 23.7 Å². The van der Waals surface area contributed by atoms with Crippen molar-refractivity contribution in [2.45, 2.75) is 18.9 Å². The van der Waals surface area contributed by atoms with Crippen LogP contribution in [0.15, 0.2) is 48.5 Å². The molecule has 3 N–H and O–H groups in total. The first-order valence-electron chi connectivity index (χ1n) is 8.39.